The Hall–Kier alpha value is -2.24. The van der Waals surface area contributed by atoms with Crippen molar-refractivity contribution in [2.45, 2.75) is 64.5 Å². The molecular weight excluding hydrogens is 364 g/mol. The van der Waals surface area contributed by atoms with Crippen LogP contribution in [-0.4, -0.2) is 55.1 Å². The average molecular weight is 401 g/mol. The predicted molar refractivity (Wildman–Crippen MR) is 117 cm³/mol. The number of nitrogens with one attached hydrogen (secondary N) is 2. The van der Waals surface area contributed by atoms with Gasteiger partial charge in [0.1, 0.15) is 11.9 Å². The van der Waals surface area contributed by atoms with E-state index in [0.29, 0.717) is 12.5 Å². The summed E-state index contributed by atoms with van der Waals surface area (Å²) in [5.41, 5.74) is 0. The zero-order valence-electron chi connectivity index (χ0n) is 17.9. The number of nitrogens with zero attached hydrogens (tertiary/aromatic N) is 2. The van der Waals surface area contributed by atoms with Gasteiger partial charge in [-0.3, -0.25) is 4.79 Å². The monoisotopic (exact) mass is 400 g/mol. The maximum Gasteiger partial charge on any atom is 0.225 e. The number of likely N-dealkylation sites (tertiary alicyclic amines) is 1. The summed E-state index contributed by atoms with van der Waals surface area (Å²) in [5.74, 6) is 2.30. The third-order valence-electron chi connectivity index (χ3n) is 5.84. The Kier molecular flexibility index (Phi) is 8.20. The molecule has 1 heterocycles. The van der Waals surface area contributed by atoms with Gasteiger partial charge in [0.05, 0.1) is 6.54 Å². The summed E-state index contributed by atoms with van der Waals surface area (Å²) in [5, 5.41) is 6.86. The molecule has 1 amide bonds. The van der Waals surface area contributed by atoms with E-state index in [2.05, 4.69) is 24.5 Å². The summed E-state index contributed by atoms with van der Waals surface area (Å²) in [7, 11) is 0. The Morgan fingerprint density at radius 1 is 1.21 bits per heavy atom. The molecule has 0 radical (unpaired) electrons. The number of hydrogen-bond acceptors (Lipinski definition) is 3. The van der Waals surface area contributed by atoms with Gasteiger partial charge in [0.25, 0.3) is 0 Å². The van der Waals surface area contributed by atoms with E-state index < -0.39 is 0 Å². The molecule has 3 rings (SSSR count). The Morgan fingerprint density at radius 2 is 1.97 bits per heavy atom. The van der Waals surface area contributed by atoms with Gasteiger partial charge in [0, 0.05) is 31.6 Å². The Morgan fingerprint density at radius 3 is 2.66 bits per heavy atom. The number of rotatable bonds is 8. The zero-order valence-corrected chi connectivity index (χ0v) is 17.9. The third-order valence-corrected chi connectivity index (χ3v) is 5.84. The van der Waals surface area contributed by atoms with Crippen molar-refractivity contribution in [1.82, 2.24) is 15.5 Å². The van der Waals surface area contributed by atoms with E-state index >= 15 is 0 Å². The molecule has 1 aromatic carbocycles. The summed E-state index contributed by atoms with van der Waals surface area (Å²) in [6.07, 6.45) is 6.44. The minimum atomic E-state index is 0.0388. The van der Waals surface area contributed by atoms with E-state index in [9.17, 15) is 4.79 Å². The van der Waals surface area contributed by atoms with Crippen LogP contribution in [0, 0.1) is 5.92 Å². The van der Waals surface area contributed by atoms with Crippen molar-refractivity contribution in [3.8, 4) is 5.75 Å². The predicted octanol–water partition coefficient (Wildman–Crippen LogP) is 3.19. The number of para-hydroxylation sites is 1. The molecule has 1 aliphatic carbocycles. The van der Waals surface area contributed by atoms with Gasteiger partial charge >= 0.3 is 0 Å². The van der Waals surface area contributed by atoms with Crippen LogP contribution >= 0.6 is 0 Å². The minimum Gasteiger partial charge on any atom is -0.489 e. The molecule has 0 bridgehead atoms. The first-order valence-corrected chi connectivity index (χ1v) is 11.2. The molecule has 1 saturated carbocycles. The normalized spacial score (nSPS) is 21.2. The summed E-state index contributed by atoms with van der Waals surface area (Å²) >= 11 is 0. The number of aliphatic imine (C=N–C) groups is 1. The molecule has 0 spiro atoms. The molecular formula is C23H36N4O2. The number of carbonyl (C=O) groups excluding carboxylic acids is 1. The van der Waals surface area contributed by atoms with E-state index in [0.717, 1.165) is 57.0 Å². The fourth-order valence-electron chi connectivity index (χ4n) is 4.16. The minimum absolute atomic E-state index is 0.0388. The number of carbonyl (C=O) groups is 1. The molecule has 2 atom stereocenters. The van der Waals surface area contributed by atoms with Crippen LogP contribution in [0.2, 0.25) is 0 Å². The fraction of sp³-hybridized carbons (Fsp3) is 0.652. The quantitative estimate of drug-likeness (QED) is 0.520. The lowest BCUT2D eigenvalue weighted by Gasteiger charge is -2.22. The summed E-state index contributed by atoms with van der Waals surface area (Å²) < 4.78 is 6.05. The number of ether oxygens (including phenoxy) is 1. The lowest BCUT2D eigenvalue weighted by molar-refractivity contribution is -0.134. The largest absolute Gasteiger partial charge is 0.489 e. The van der Waals surface area contributed by atoms with Crippen LogP contribution in [0.5, 0.6) is 5.75 Å². The number of hydrogen-bond donors (Lipinski definition) is 2. The van der Waals surface area contributed by atoms with Gasteiger partial charge in [-0.2, -0.15) is 0 Å². The molecule has 6 nitrogen and oxygen atoms in total. The fourth-order valence-corrected chi connectivity index (χ4v) is 4.16. The van der Waals surface area contributed by atoms with Gasteiger partial charge in [-0.1, -0.05) is 38.0 Å². The smallest absolute Gasteiger partial charge is 0.225 e. The van der Waals surface area contributed by atoms with E-state index in [1.54, 1.807) is 0 Å². The third kappa shape index (κ3) is 6.38. The van der Waals surface area contributed by atoms with E-state index in [1.807, 2.05) is 35.2 Å². The van der Waals surface area contributed by atoms with Crippen LogP contribution in [0.1, 0.15) is 52.4 Å². The summed E-state index contributed by atoms with van der Waals surface area (Å²) in [4.78, 5) is 19.5. The number of benzene rings is 1. The van der Waals surface area contributed by atoms with Gasteiger partial charge < -0.3 is 20.3 Å². The van der Waals surface area contributed by atoms with Crippen molar-refractivity contribution in [3.05, 3.63) is 30.3 Å². The highest BCUT2D eigenvalue weighted by Gasteiger charge is 2.32. The zero-order chi connectivity index (χ0) is 20.5. The molecule has 2 N–H and O–H groups in total. The lowest BCUT2D eigenvalue weighted by atomic mass is 10.1. The molecule has 29 heavy (non-hydrogen) atoms. The molecule has 2 fully saturated rings. The Labute approximate surface area is 175 Å². The van der Waals surface area contributed by atoms with Crippen molar-refractivity contribution >= 4 is 11.9 Å². The van der Waals surface area contributed by atoms with Crippen molar-refractivity contribution in [1.29, 1.82) is 0 Å². The van der Waals surface area contributed by atoms with E-state index in [-0.39, 0.29) is 18.1 Å². The van der Waals surface area contributed by atoms with Crippen LogP contribution in [-0.2, 0) is 4.79 Å². The topological polar surface area (TPSA) is 66.0 Å². The summed E-state index contributed by atoms with van der Waals surface area (Å²) in [6, 6.07) is 10.2. The second-order valence-corrected chi connectivity index (χ2v) is 8.08. The Bertz CT molecular complexity index is 658. The highest BCUT2D eigenvalue weighted by Crippen LogP contribution is 2.27. The molecule has 160 valence electrons. The van der Waals surface area contributed by atoms with Crippen LogP contribution in [0.3, 0.4) is 0 Å². The number of guanidine groups is 1. The molecule has 1 aliphatic heterocycles. The second-order valence-electron chi connectivity index (χ2n) is 8.08. The molecule has 6 heteroatoms. The standard InChI is InChI=1S/C23H36N4O2/c1-3-20(29-21-12-6-5-7-13-21)16-25-23(24-4-2)26-19-14-15-27(17-19)22(28)18-10-8-9-11-18/h5-7,12-13,18-20H,3-4,8-11,14-17H2,1-2H3,(H2,24,25,26). The molecule has 2 aliphatic rings. The maximum atomic E-state index is 12.7. The first-order chi connectivity index (χ1) is 14.2. The first kappa shape index (κ1) is 21.5. The maximum absolute atomic E-state index is 12.7. The van der Waals surface area contributed by atoms with Crippen LogP contribution in [0.15, 0.2) is 35.3 Å². The van der Waals surface area contributed by atoms with Gasteiger partial charge in [-0.25, -0.2) is 4.99 Å². The van der Waals surface area contributed by atoms with Gasteiger partial charge in [-0.15, -0.1) is 0 Å². The molecule has 1 saturated heterocycles. The number of amides is 1. The summed E-state index contributed by atoms with van der Waals surface area (Å²) in [6.45, 7) is 7.21. The van der Waals surface area contributed by atoms with Crippen LogP contribution < -0.4 is 15.4 Å². The molecule has 2 unspecified atom stereocenters. The molecule has 0 aromatic heterocycles. The van der Waals surface area contributed by atoms with Crippen molar-refractivity contribution in [2.24, 2.45) is 10.9 Å². The van der Waals surface area contributed by atoms with Crippen LogP contribution in [0.25, 0.3) is 0 Å². The highest BCUT2D eigenvalue weighted by molar-refractivity contribution is 5.81. The lowest BCUT2D eigenvalue weighted by Crippen LogP contribution is -2.45. The second kappa shape index (κ2) is 11.1. The van der Waals surface area contributed by atoms with Crippen LogP contribution in [0.4, 0.5) is 0 Å². The van der Waals surface area contributed by atoms with E-state index in [1.165, 1.54) is 12.8 Å². The van der Waals surface area contributed by atoms with E-state index in [4.69, 9.17) is 9.73 Å². The highest BCUT2D eigenvalue weighted by atomic mass is 16.5. The first-order valence-electron chi connectivity index (χ1n) is 11.2. The Balaban J connectivity index is 1.51. The van der Waals surface area contributed by atoms with Gasteiger partial charge in [-0.05, 0) is 44.7 Å². The average Bonchev–Trinajstić information content (AvgIpc) is 3.44. The van der Waals surface area contributed by atoms with Crippen molar-refractivity contribution in [2.75, 3.05) is 26.2 Å². The van der Waals surface area contributed by atoms with Gasteiger partial charge in [0.2, 0.25) is 5.91 Å². The molecule has 1 aromatic rings. The van der Waals surface area contributed by atoms with Crippen molar-refractivity contribution < 1.29 is 9.53 Å². The SMILES string of the molecule is CCNC(=NCC(CC)Oc1ccccc1)NC1CCN(C(=O)C2CCCC2)C1. The van der Waals surface area contributed by atoms with Gasteiger partial charge in [0.15, 0.2) is 5.96 Å². The van der Waals surface area contributed by atoms with Crippen molar-refractivity contribution in [3.63, 3.8) is 0 Å².